The number of hydrogen-bond donors (Lipinski definition) is 0. The number of rotatable bonds is 4. The van der Waals surface area contributed by atoms with Gasteiger partial charge in [-0.05, 0) is 36.1 Å². The minimum atomic E-state index is -0.221. The summed E-state index contributed by atoms with van der Waals surface area (Å²) in [5.74, 6) is 1.38. The Labute approximate surface area is 151 Å². The molecule has 0 aromatic heterocycles. The second kappa shape index (κ2) is 6.60. The highest BCUT2D eigenvalue weighted by atomic mass is 35.5. The molecule has 4 rings (SSSR count). The van der Waals surface area contributed by atoms with Crippen LogP contribution in [-0.4, -0.2) is 19.7 Å². The largest absolute Gasteiger partial charge is 0.492 e. The molecule has 2 aromatic rings. The average Bonchev–Trinajstić information content (AvgIpc) is 3.20. The molecule has 0 amide bonds. The maximum absolute atomic E-state index is 11.5. The van der Waals surface area contributed by atoms with E-state index in [-0.39, 0.29) is 18.0 Å². The number of carbonyl (C=O) groups is 1. The quantitative estimate of drug-likeness (QED) is 0.758. The molecule has 4 nitrogen and oxygen atoms in total. The van der Waals surface area contributed by atoms with Crippen LogP contribution in [0.1, 0.15) is 41.6 Å². The fourth-order valence-electron chi connectivity index (χ4n) is 3.64. The van der Waals surface area contributed by atoms with Crippen LogP contribution in [0.2, 0.25) is 5.02 Å². The predicted octanol–water partition coefficient (Wildman–Crippen LogP) is 4.45. The van der Waals surface area contributed by atoms with Gasteiger partial charge in [0, 0.05) is 22.6 Å². The first-order valence-electron chi connectivity index (χ1n) is 8.43. The molecule has 0 bridgehead atoms. The van der Waals surface area contributed by atoms with Gasteiger partial charge in [0.05, 0.1) is 20.1 Å². The van der Waals surface area contributed by atoms with Gasteiger partial charge in [-0.15, -0.1) is 0 Å². The molecule has 1 aliphatic carbocycles. The number of esters is 1. The lowest BCUT2D eigenvalue weighted by atomic mass is 9.98. The SMILES string of the molecule is COC(=O)C[C@@H]1COc2cc(O[C@@H]3CCc4c(Cl)cccc43)ccc21. The van der Waals surface area contributed by atoms with E-state index in [1.807, 2.05) is 30.3 Å². The zero-order valence-corrected chi connectivity index (χ0v) is 14.7. The Balaban J connectivity index is 1.51. The van der Waals surface area contributed by atoms with E-state index < -0.39 is 0 Å². The van der Waals surface area contributed by atoms with Crippen LogP contribution in [-0.2, 0) is 16.0 Å². The van der Waals surface area contributed by atoms with E-state index in [4.69, 9.17) is 25.8 Å². The third-order valence-corrected chi connectivity index (χ3v) is 5.30. The molecule has 1 aliphatic heterocycles. The monoisotopic (exact) mass is 358 g/mol. The maximum atomic E-state index is 11.5. The third-order valence-electron chi connectivity index (χ3n) is 4.94. The molecule has 25 heavy (non-hydrogen) atoms. The summed E-state index contributed by atoms with van der Waals surface area (Å²) in [7, 11) is 1.40. The van der Waals surface area contributed by atoms with E-state index in [1.54, 1.807) is 0 Å². The van der Waals surface area contributed by atoms with Crippen molar-refractivity contribution < 1.29 is 19.0 Å². The molecule has 0 saturated heterocycles. The van der Waals surface area contributed by atoms with Gasteiger partial charge in [0.1, 0.15) is 17.6 Å². The first kappa shape index (κ1) is 16.3. The van der Waals surface area contributed by atoms with E-state index in [0.717, 1.165) is 40.5 Å². The molecule has 0 unspecified atom stereocenters. The van der Waals surface area contributed by atoms with Crippen molar-refractivity contribution in [1.82, 2.24) is 0 Å². The summed E-state index contributed by atoms with van der Waals surface area (Å²) in [6.45, 7) is 0.496. The predicted molar refractivity (Wildman–Crippen MR) is 94.5 cm³/mol. The Hall–Kier alpha value is -2.20. The van der Waals surface area contributed by atoms with Crippen LogP contribution < -0.4 is 9.47 Å². The van der Waals surface area contributed by atoms with E-state index in [0.29, 0.717) is 13.0 Å². The Morgan fingerprint density at radius 3 is 3.00 bits per heavy atom. The molecular formula is C20H19ClO4. The fraction of sp³-hybridized carbons (Fsp3) is 0.350. The fourth-order valence-corrected chi connectivity index (χ4v) is 3.92. The number of benzene rings is 2. The van der Waals surface area contributed by atoms with Crippen molar-refractivity contribution in [3.8, 4) is 11.5 Å². The van der Waals surface area contributed by atoms with E-state index in [9.17, 15) is 4.79 Å². The number of halogens is 1. The lowest BCUT2D eigenvalue weighted by Crippen LogP contribution is -2.09. The topological polar surface area (TPSA) is 44.8 Å². The van der Waals surface area contributed by atoms with Crippen molar-refractivity contribution in [2.75, 3.05) is 13.7 Å². The maximum Gasteiger partial charge on any atom is 0.306 e. The Morgan fingerprint density at radius 2 is 2.16 bits per heavy atom. The van der Waals surface area contributed by atoms with Crippen LogP contribution in [0, 0.1) is 0 Å². The van der Waals surface area contributed by atoms with Crippen molar-refractivity contribution in [3.05, 3.63) is 58.1 Å². The lowest BCUT2D eigenvalue weighted by Gasteiger charge is -2.16. The van der Waals surface area contributed by atoms with Gasteiger partial charge in [-0.1, -0.05) is 29.8 Å². The molecule has 0 N–H and O–H groups in total. The second-order valence-electron chi connectivity index (χ2n) is 6.44. The molecule has 0 radical (unpaired) electrons. The van der Waals surface area contributed by atoms with Crippen molar-refractivity contribution in [1.29, 1.82) is 0 Å². The molecule has 1 heterocycles. The van der Waals surface area contributed by atoms with Gasteiger partial charge in [0.2, 0.25) is 0 Å². The Bertz CT molecular complexity index is 817. The molecule has 0 fully saturated rings. The first-order chi connectivity index (χ1) is 12.2. The standard InChI is InChI=1S/C20H19ClO4/c1-23-20(22)9-12-11-24-19-10-13(5-6-14(12)19)25-18-8-7-15-16(18)3-2-4-17(15)21/h2-6,10,12,18H,7-9,11H2,1H3/t12-,18-/m1/s1. The summed E-state index contributed by atoms with van der Waals surface area (Å²) in [4.78, 5) is 11.5. The Morgan fingerprint density at radius 1 is 1.28 bits per heavy atom. The smallest absolute Gasteiger partial charge is 0.306 e. The van der Waals surface area contributed by atoms with Gasteiger partial charge >= 0.3 is 5.97 Å². The van der Waals surface area contributed by atoms with Crippen LogP contribution in [0.5, 0.6) is 11.5 Å². The number of ether oxygens (including phenoxy) is 3. The van der Waals surface area contributed by atoms with Crippen LogP contribution >= 0.6 is 11.6 Å². The van der Waals surface area contributed by atoms with Gasteiger partial charge in [-0.25, -0.2) is 0 Å². The van der Waals surface area contributed by atoms with Gasteiger partial charge < -0.3 is 14.2 Å². The molecule has 5 heteroatoms. The highest BCUT2D eigenvalue weighted by molar-refractivity contribution is 6.31. The summed E-state index contributed by atoms with van der Waals surface area (Å²) >= 11 is 6.27. The van der Waals surface area contributed by atoms with Crippen molar-refractivity contribution in [3.63, 3.8) is 0 Å². The van der Waals surface area contributed by atoms with Gasteiger partial charge in [0.15, 0.2) is 0 Å². The zero-order valence-electron chi connectivity index (χ0n) is 14.0. The number of hydrogen-bond acceptors (Lipinski definition) is 4. The summed E-state index contributed by atoms with van der Waals surface area (Å²) in [5, 5.41) is 0.812. The number of fused-ring (bicyclic) bond motifs is 2. The number of methoxy groups -OCH3 is 1. The Kier molecular flexibility index (Phi) is 4.30. The molecular weight excluding hydrogens is 340 g/mol. The van der Waals surface area contributed by atoms with Crippen LogP contribution in [0.25, 0.3) is 0 Å². The average molecular weight is 359 g/mol. The van der Waals surface area contributed by atoms with Crippen LogP contribution in [0.4, 0.5) is 0 Å². The van der Waals surface area contributed by atoms with Crippen molar-refractivity contribution in [2.45, 2.75) is 31.3 Å². The minimum Gasteiger partial charge on any atom is -0.492 e. The minimum absolute atomic E-state index is 0.0130. The van der Waals surface area contributed by atoms with E-state index >= 15 is 0 Å². The molecule has 130 valence electrons. The van der Waals surface area contributed by atoms with E-state index in [2.05, 4.69) is 6.07 Å². The normalized spacial score (nSPS) is 20.6. The molecule has 0 saturated carbocycles. The zero-order chi connectivity index (χ0) is 17.4. The highest BCUT2D eigenvalue weighted by Crippen LogP contribution is 2.42. The molecule has 2 atom stereocenters. The second-order valence-corrected chi connectivity index (χ2v) is 6.85. The summed E-state index contributed by atoms with van der Waals surface area (Å²) < 4.78 is 16.7. The molecule has 2 aromatic carbocycles. The van der Waals surface area contributed by atoms with Crippen LogP contribution in [0.3, 0.4) is 0 Å². The third kappa shape index (κ3) is 3.07. The summed E-state index contributed by atoms with van der Waals surface area (Å²) in [5.41, 5.74) is 3.38. The highest BCUT2D eigenvalue weighted by Gasteiger charge is 2.29. The van der Waals surface area contributed by atoms with Crippen molar-refractivity contribution in [2.24, 2.45) is 0 Å². The molecule has 2 aliphatic rings. The summed E-state index contributed by atoms with van der Waals surface area (Å²) in [6.07, 6.45) is 2.20. The van der Waals surface area contributed by atoms with Gasteiger partial charge in [-0.2, -0.15) is 0 Å². The van der Waals surface area contributed by atoms with Crippen LogP contribution in [0.15, 0.2) is 36.4 Å². The van der Waals surface area contributed by atoms with E-state index in [1.165, 1.54) is 12.7 Å². The number of carbonyl (C=O) groups excluding carboxylic acids is 1. The van der Waals surface area contributed by atoms with Gasteiger partial charge in [0.25, 0.3) is 0 Å². The van der Waals surface area contributed by atoms with Crippen molar-refractivity contribution >= 4 is 17.6 Å². The lowest BCUT2D eigenvalue weighted by molar-refractivity contribution is -0.141. The van der Waals surface area contributed by atoms with Gasteiger partial charge in [-0.3, -0.25) is 4.79 Å². The summed E-state index contributed by atoms with van der Waals surface area (Å²) in [6, 6.07) is 11.8. The molecule has 0 spiro atoms. The first-order valence-corrected chi connectivity index (χ1v) is 8.81.